The fourth-order valence-corrected chi connectivity index (χ4v) is 2.55. The molecule has 1 fully saturated rings. The Morgan fingerprint density at radius 3 is 2.95 bits per heavy atom. The van der Waals surface area contributed by atoms with Crippen LogP contribution in [0.1, 0.15) is 28.8 Å². The molecule has 5 heteroatoms. The van der Waals surface area contributed by atoms with E-state index in [1.165, 1.54) is 11.1 Å². The first kappa shape index (κ1) is 13.3. The normalized spacial score (nSPS) is 22.3. The van der Waals surface area contributed by atoms with Gasteiger partial charge in [-0.15, -0.1) is 0 Å². The predicted octanol–water partition coefficient (Wildman–Crippen LogP) is 1.67. The minimum Gasteiger partial charge on any atom is -0.379 e. The minimum atomic E-state index is 0.151. The summed E-state index contributed by atoms with van der Waals surface area (Å²) in [5.41, 5.74) is 2.48. The van der Waals surface area contributed by atoms with Gasteiger partial charge in [0.2, 0.25) is 5.89 Å². The molecule has 0 amide bonds. The number of hydrogen-bond acceptors (Lipinski definition) is 5. The summed E-state index contributed by atoms with van der Waals surface area (Å²) in [6.07, 6.45) is 0.702. The van der Waals surface area contributed by atoms with Crippen LogP contribution in [-0.4, -0.2) is 36.4 Å². The van der Waals surface area contributed by atoms with Crippen molar-refractivity contribution in [2.45, 2.75) is 25.3 Å². The van der Waals surface area contributed by atoms with E-state index in [4.69, 9.17) is 9.26 Å². The van der Waals surface area contributed by atoms with Gasteiger partial charge in [-0.05, 0) is 25.1 Å². The van der Waals surface area contributed by atoms with Crippen molar-refractivity contribution < 1.29 is 9.26 Å². The van der Waals surface area contributed by atoms with Crippen molar-refractivity contribution >= 4 is 0 Å². The second-order valence-electron chi connectivity index (χ2n) is 5.19. The monoisotopic (exact) mass is 273 g/mol. The zero-order valence-corrected chi connectivity index (χ0v) is 11.8. The number of aromatic nitrogens is 2. The highest BCUT2D eigenvalue weighted by Crippen LogP contribution is 2.24. The van der Waals surface area contributed by atoms with E-state index in [0.29, 0.717) is 25.5 Å². The molecule has 0 radical (unpaired) electrons. The Hall–Kier alpha value is -1.72. The van der Waals surface area contributed by atoms with Gasteiger partial charge in [-0.3, -0.25) is 0 Å². The molecule has 0 saturated carbocycles. The van der Waals surface area contributed by atoms with Crippen molar-refractivity contribution in [3.8, 4) is 0 Å². The van der Waals surface area contributed by atoms with E-state index in [2.05, 4.69) is 34.5 Å². The summed E-state index contributed by atoms with van der Waals surface area (Å²) in [6, 6.07) is 8.51. The van der Waals surface area contributed by atoms with Crippen LogP contribution in [0.3, 0.4) is 0 Å². The highest BCUT2D eigenvalue weighted by Gasteiger charge is 2.32. The molecule has 2 atom stereocenters. The van der Waals surface area contributed by atoms with E-state index in [1.807, 2.05) is 19.2 Å². The van der Waals surface area contributed by atoms with Gasteiger partial charge < -0.3 is 14.6 Å². The van der Waals surface area contributed by atoms with Crippen LogP contribution < -0.4 is 5.32 Å². The van der Waals surface area contributed by atoms with Gasteiger partial charge in [0, 0.05) is 12.5 Å². The summed E-state index contributed by atoms with van der Waals surface area (Å²) >= 11 is 0. The van der Waals surface area contributed by atoms with Crippen LogP contribution in [-0.2, 0) is 11.2 Å². The lowest BCUT2D eigenvalue weighted by Gasteiger charge is -2.11. The first-order valence-corrected chi connectivity index (χ1v) is 6.90. The van der Waals surface area contributed by atoms with Crippen LogP contribution in [0, 0.1) is 6.92 Å². The molecule has 0 bridgehead atoms. The molecule has 1 N–H and O–H groups in total. The van der Waals surface area contributed by atoms with Crippen molar-refractivity contribution in [2.24, 2.45) is 0 Å². The Kier molecular flexibility index (Phi) is 3.80. The molecule has 1 aromatic heterocycles. The number of nitrogens with one attached hydrogen (secondary N) is 1. The molecule has 1 saturated heterocycles. The zero-order chi connectivity index (χ0) is 13.9. The van der Waals surface area contributed by atoms with Gasteiger partial charge in [-0.2, -0.15) is 4.98 Å². The molecule has 5 nitrogen and oxygen atoms in total. The Morgan fingerprint density at radius 1 is 1.30 bits per heavy atom. The number of ether oxygens (including phenoxy) is 1. The highest BCUT2D eigenvalue weighted by atomic mass is 16.5. The summed E-state index contributed by atoms with van der Waals surface area (Å²) in [7, 11) is 1.93. The van der Waals surface area contributed by atoms with Gasteiger partial charge in [0.25, 0.3) is 0 Å². The number of aryl methyl sites for hydroxylation is 1. The molecule has 106 valence electrons. The quantitative estimate of drug-likeness (QED) is 0.918. The molecule has 20 heavy (non-hydrogen) atoms. The Morgan fingerprint density at radius 2 is 2.15 bits per heavy atom. The van der Waals surface area contributed by atoms with Crippen LogP contribution in [0.15, 0.2) is 28.8 Å². The molecule has 1 aromatic carbocycles. The number of rotatable bonds is 4. The summed E-state index contributed by atoms with van der Waals surface area (Å²) < 4.78 is 10.9. The van der Waals surface area contributed by atoms with Crippen LogP contribution in [0.2, 0.25) is 0 Å². The first-order chi connectivity index (χ1) is 9.78. The maximum absolute atomic E-state index is 5.47. The summed E-state index contributed by atoms with van der Waals surface area (Å²) in [5.74, 6) is 1.56. The van der Waals surface area contributed by atoms with E-state index in [0.717, 1.165) is 5.82 Å². The van der Waals surface area contributed by atoms with Gasteiger partial charge in [-0.1, -0.05) is 29.4 Å². The third-order valence-corrected chi connectivity index (χ3v) is 3.86. The van der Waals surface area contributed by atoms with Gasteiger partial charge in [0.1, 0.15) is 0 Å². The van der Waals surface area contributed by atoms with Crippen molar-refractivity contribution in [2.75, 3.05) is 20.3 Å². The van der Waals surface area contributed by atoms with E-state index in [-0.39, 0.29) is 12.0 Å². The van der Waals surface area contributed by atoms with E-state index in [1.54, 1.807) is 0 Å². The second kappa shape index (κ2) is 5.73. The maximum Gasteiger partial charge on any atom is 0.233 e. The minimum absolute atomic E-state index is 0.151. The lowest BCUT2D eigenvalue weighted by molar-refractivity contribution is 0.185. The molecule has 2 heterocycles. The molecule has 0 spiro atoms. The standard InChI is InChI=1S/C15H19N3O2/c1-10-5-3-4-6-11(10)7-14-17-15(20-18-14)12-8-19-9-13(12)16-2/h3-6,12-13,16H,7-9H2,1-2H3. The molecule has 1 aliphatic rings. The average Bonchev–Trinajstić information content (AvgIpc) is 3.09. The Bertz CT molecular complexity index is 582. The third kappa shape index (κ3) is 2.59. The van der Waals surface area contributed by atoms with Crippen LogP contribution >= 0.6 is 0 Å². The number of likely N-dealkylation sites (N-methyl/N-ethyl adjacent to an activating group) is 1. The lowest BCUT2D eigenvalue weighted by atomic mass is 10.0. The second-order valence-corrected chi connectivity index (χ2v) is 5.19. The zero-order valence-electron chi connectivity index (χ0n) is 11.8. The van der Waals surface area contributed by atoms with E-state index >= 15 is 0 Å². The van der Waals surface area contributed by atoms with E-state index in [9.17, 15) is 0 Å². The van der Waals surface area contributed by atoms with Crippen LogP contribution in [0.4, 0.5) is 0 Å². The Balaban J connectivity index is 1.76. The first-order valence-electron chi connectivity index (χ1n) is 6.90. The van der Waals surface area contributed by atoms with Gasteiger partial charge in [0.15, 0.2) is 5.82 Å². The molecule has 3 rings (SSSR count). The van der Waals surface area contributed by atoms with Gasteiger partial charge in [-0.25, -0.2) is 0 Å². The number of benzene rings is 1. The number of nitrogens with zero attached hydrogens (tertiary/aromatic N) is 2. The molecule has 2 unspecified atom stereocenters. The average molecular weight is 273 g/mol. The number of hydrogen-bond donors (Lipinski definition) is 1. The van der Waals surface area contributed by atoms with Crippen molar-refractivity contribution in [1.82, 2.24) is 15.5 Å². The van der Waals surface area contributed by atoms with Crippen molar-refractivity contribution in [3.05, 3.63) is 47.1 Å². The smallest absolute Gasteiger partial charge is 0.233 e. The largest absolute Gasteiger partial charge is 0.379 e. The van der Waals surface area contributed by atoms with Crippen molar-refractivity contribution in [3.63, 3.8) is 0 Å². The fraction of sp³-hybridized carbons (Fsp3) is 0.467. The summed E-state index contributed by atoms with van der Waals surface area (Å²) in [5, 5.41) is 7.32. The van der Waals surface area contributed by atoms with Gasteiger partial charge >= 0.3 is 0 Å². The lowest BCUT2D eigenvalue weighted by Crippen LogP contribution is -2.31. The summed E-state index contributed by atoms with van der Waals surface area (Å²) in [6.45, 7) is 3.42. The topological polar surface area (TPSA) is 60.2 Å². The molecular weight excluding hydrogens is 254 g/mol. The van der Waals surface area contributed by atoms with Crippen LogP contribution in [0.5, 0.6) is 0 Å². The third-order valence-electron chi connectivity index (χ3n) is 3.86. The van der Waals surface area contributed by atoms with E-state index < -0.39 is 0 Å². The van der Waals surface area contributed by atoms with Gasteiger partial charge in [0.05, 0.1) is 19.1 Å². The predicted molar refractivity (Wildman–Crippen MR) is 74.7 cm³/mol. The fourth-order valence-electron chi connectivity index (χ4n) is 2.55. The highest BCUT2D eigenvalue weighted by molar-refractivity contribution is 5.28. The molecule has 0 aliphatic carbocycles. The molecular formula is C15H19N3O2. The Labute approximate surface area is 118 Å². The summed E-state index contributed by atoms with van der Waals surface area (Å²) in [4.78, 5) is 4.53. The molecule has 1 aliphatic heterocycles. The van der Waals surface area contributed by atoms with Crippen molar-refractivity contribution in [1.29, 1.82) is 0 Å². The van der Waals surface area contributed by atoms with Crippen LogP contribution in [0.25, 0.3) is 0 Å². The maximum atomic E-state index is 5.47. The SMILES string of the molecule is CNC1COCC1c1nc(Cc2ccccc2C)no1. The molecule has 2 aromatic rings.